The molecule has 0 aliphatic rings. The van der Waals surface area contributed by atoms with Gasteiger partial charge in [0.1, 0.15) is 6.04 Å². The van der Waals surface area contributed by atoms with Gasteiger partial charge in [0.15, 0.2) is 0 Å². The Labute approximate surface area is 142 Å². The Kier molecular flexibility index (Phi) is 21.0. The highest BCUT2D eigenvalue weighted by atomic mass is 16.4. The highest BCUT2D eigenvalue weighted by Crippen LogP contribution is 1.99. The molecule has 0 aliphatic heterocycles. The minimum Gasteiger partial charge on any atom is -0.481 e. The zero-order valence-electron chi connectivity index (χ0n) is 14.8. The average molecular weight is 349 g/mol. The van der Waals surface area contributed by atoms with E-state index in [-0.39, 0.29) is 31.7 Å². The fraction of sp³-hybridized carbons (Fsp3) is 0.714. The van der Waals surface area contributed by atoms with Crippen molar-refractivity contribution in [2.75, 3.05) is 27.2 Å². The van der Waals surface area contributed by atoms with Crippen LogP contribution >= 0.6 is 0 Å². The number of rotatable bonds is 10. The maximum absolute atomic E-state index is 11.7. The lowest BCUT2D eigenvalue weighted by molar-refractivity contribution is -0.138. The van der Waals surface area contributed by atoms with E-state index in [0.29, 0.717) is 6.54 Å². The molecule has 8 N–H and O–H groups in total. The van der Waals surface area contributed by atoms with Crippen LogP contribution in [-0.2, 0) is 19.2 Å². The maximum atomic E-state index is 11.7. The molecule has 0 heterocycles. The van der Waals surface area contributed by atoms with Gasteiger partial charge in [-0.25, -0.2) is 0 Å². The second kappa shape index (κ2) is 18.8. The molecule has 3 amide bonds. The van der Waals surface area contributed by atoms with Crippen molar-refractivity contribution in [2.45, 2.75) is 39.2 Å². The smallest absolute Gasteiger partial charge is 0.303 e. The topological polar surface area (TPSA) is 177 Å². The van der Waals surface area contributed by atoms with Gasteiger partial charge in [0.25, 0.3) is 0 Å². The van der Waals surface area contributed by atoms with Crippen LogP contribution in [0.1, 0.15) is 33.1 Å². The van der Waals surface area contributed by atoms with E-state index in [0.717, 1.165) is 0 Å². The first-order chi connectivity index (χ1) is 11.4. The number of aliphatic carboxylic acids is 1. The minimum atomic E-state index is -1.08. The SMILES string of the molecule is CC.CN.CNCCC(=O)NC(CCC(=O)O)C(=O)NCC(N)=O. The first-order valence-corrected chi connectivity index (χ1v) is 7.66. The number of nitrogens with two attached hydrogens (primary N) is 2. The largest absolute Gasteiger partial charge is 0.481 e. The molecule has 1 atom stereocenters. The molecule has 0 spiro atoms. The number of nitrogens with one attached hydrogen (secondary N) is 3. The van der Waals surface area contributed by atoms with Crippen molar-refractivity contribution < 1.29 is 24.3 Å². The number of primary amides is 1. The molecule has 10 heteroatoms. The van der Waals surface area contributed by atoms with E-state index in [1.807, 2.05) is 13.8 Å². The van der Waals surface area contributed by atoms with E-state index in [4.69, 9.17) is 10.8 Å². The molecule has 0 rings (SSSR count). The molecule has 142 valence electrons. The van der Waals surface area contributed by atoms with Crippen LogP contribution in [0.15, 0.2) is 0 Å². The Balaban J connectivity index is -0.00000102. The van der Waals surface area contributed by atoms with E-state index in [1.54, 1.807) is 7.05 Å². The van der Waals surface area contributed by atoms with Gasteiger partial charge in [-0.15, -0.1) is 0 Å². The summed E-state index contributed by atoms with van der Waals surface area (Å²) in [6.45, 7) is 4.06. The summed E-state index contributed by atoms with van der Waals surface area (Å²) in [5.74, 6) is -2.83. The first kappa shape index (κ1) is 26.7. The molecule has 0 bridgehead atoms. The molecule has 0 aromatic heterocycles. The number of hydrogen-bond acceptors (Lipinski definition) is 6. The molecular formula is C14H31N5O5. The molecule has 0 aromatic carbocycles. The van der Waals surface area contributed by atoms with E-state index < -0.39 is 23.8 Å². The van der Waals surface area contributed by atoms with Gasteiger partial charge < -0.3 is 32.5 Å². The van der Waals surface area contributed by atoms with Gasteiger partial charge in [-0.1, -0.05) is 13.8 Å². The van der Waals surface area contributed by atoms with Crippen molar-refractivity contribution >= 4 is 23.7 Å². The van der Waals surface area contributed by atoms with Crippen molar-refractivity contribution in [1.82, 2.24) is 16.0 Å². The number of carboxylic acids is 1. The number of amides is 3. The lowest BCUT2D eigenvalue weighted by atomic mass is 10.1. The molecule has 0 saturated carbocycles. The Hall–Kier alpha value is -2.20. The van der Waals surface area contributed by atoms with Gasteiger partial charge in [-0.05, 0) is 20.5 Å². The third kappa shape index (κ3) is 17.9. The molecule has 0 fully saturated rings. The van der Waals surface area contributed by atoms with E-state index in [1.165, 1.54) is 7.05 Å². The van der Waals surface area contributed by atoms with Gasteiger partial charge in [-0.2, -0.15) is 0 Å². The molecule has 0 radical (unpaired) electrons. The second-order valence-electron chi connectivity index (χ2n) is 4.09. The Morgan fingerprint density at radius 3 is 2.04 bits per heavy atom. The van der Waals surface area contributed by atoms with Crippen molar-refractivity contribution in [2.24, 2.45) is 11.5 Å². The van der Waals surface area contributed by atoms with Crippen molar-refractivity contribution in [1.29, 1.82) is 0 Å². The fourth-order valence-corrected chi connectivity index (χ4v) is 1.34. The van der Waals surface area contributed by atoms with Gasteiger partial charge in [0.05, 0.1) is 6.54 Å². The Bertz CT molecular complexity index is 377. The highest BCUT2D eigenvalue weighted by molar-refractivity contribution is 5.90. The Morgan fingerprint density at radius 2 is 1.62 bits per heavy atom. The predicted molar refractivity (Wildman–Crippen MR) is 91.0 cm³/mol. The summed E-state index contributed by atoms with van der Waals surface area (Å²) in [5.41, 5.74) is 9.39. The quantitative estimate of drug-likeness (QED) is 0.268. The summed E-state index contributed by atoms with van der Waals surface area (Å²) in [4.78, 5) is 44.4. The van der Waals surface area contributed by atoms with E-state index >= 15 is 0 Å². The standard InChI is InChI=1S/C11H20N4O5.C2H6.CH5N/c1-13-5-4-9(17)15-7(2-3-10(18)19)11(20)14-6-8(12)16;2*1-2/h7,13H,2-6H2,1H3,(H2,12,16)(H,14,20)(H,15,17)(H,18,19);1-2H3;2H2,1H3. The van der Waals surface area contributed by atoms with Crippen LogP contribution in [0.25, 0.3) is 0 Å². The summed E-state index contributed by atoms with van der Waals surface area (Å²) in [5, 5.41) is 16.0. The zero-order valence-corrected chi connectivity index (χ0v) is 14.8. The van der Waals surface area contributed by atoms with Gasteiger partial charge in [-0.3, -0.25) is 19.2 Å². The molecular weight excluding hydrogens is 318 g/mol. The van der Waals surface area contributed by atoms with Gasteiger partial charge >= 0.3 is 5.97 Å². The van der Waals surface area contributed by atoms with Crippen molar-refractivity contribution in [3.8, 4) is 0 Å². The number of carbonyl (C=O) groups excluding carboxylic acids is 3. The molecule has 0 aliphatic carbocycles. The van der Waals surface area contributed by atoms with Crippen LogP contribution in [0.2, 0.25) is 0 Å². The molecule has 0 saturated heterocycles. The summed E-state index contributed by atoms with van der Waals surface area (Å²) >= 11 is 0. The molecule has 0 aromatic rings. The third-order valence-corrected chi connectivity index (χ3v) is 2.34. The van der Waals surface area contributed by atoms with Crippen LogP contribution in [-0.4, -0.2) is 62.0 Å². The van der Waals surface area contributed by atoms with Crippen LogP contribution in [0, 0.1) is 0 Å². The van der Waals surface area contributed by atoms with Crippen molar-refractivity contribution in [3.63, 3.8) is 0 Å². The predicted octanol–water partition coefficient (Wildman–Crippen LogP) is -1.85. The lowest BCUT2D eigenvalue weighted by Crippen LogP contribution is -2.49. The monoisotopic (exact) mass is 349 g/mol. The first-order valence-electron chi connectivity index (χ1n) is 7.66. The van der Waals surface area contributed by atoms with Gasteiger partial charge in [0.2, 0.25) is 17.7 Å². The fourth-order valence-electron chi connectivity index (χ4n) is 1.34. The number of carboxylic acid groups (broad SMARTS) is 1. The summed E-state index contributed by atoms with van der Waals surface area (Å²) in [6.07, 6.45) is -0.185. The van der Waals surface area contributed by atoms with Crippen LogP contribution in [0.5, 0.6) is 0 Å². The highest BCUT2D eigenvalue weighted by Gasteiger charge is 2.21. The minimum absolute atomic E-state index is 0.0643. The normalized spacial score (nSPS) is 10.0. The molecule has 10 nitrogen and oxygen atoms in total. The molecule has 24 heavy (non-hydrogen) atoms. The zero-order chi connectivity index (χ0) is 19.5. The van der Waals surface area contributed by atoms with E-state index in [2.05, 4.69) is 21.7 Å². The number of carbonyl (C=O) groups is 4. The van der Waals surface area contributed by atoms with Crippen LogP contribution in [0.4, 0.5) is 0 Å². The lowest BCUT2D eigenvalue weighted by Gasteiger charge is -2.17. The number of hydrogen-bond donors (Lipinski definition) is 6. The van der Waals surface area contributed by atoms with Gasteiger partial charge in [0, 0.05) is 19.4 Å². The summed E-state index contributed by atoms with van der Waals surface area (Å²) in [7, 11) is 3.18. The second-order valence-corrected chi connectivity index (χ2v) is 4.09. The van der Waals surface area contributed by atoms with Crippen molar-refractivity contribution in [3.05, 3.63) is 0 Å². The van der Waals surface area contributed by atoms with Crippen LogP contribution < -0.4 is 27.4 Å². The summed E-state index contributed by atoms with van der Waals surface area (Å²) < 4.78 is 0. The third-order valence-electron chi connectivity index (χ3n) is 2.34. The summed E-state index contributed by atoms with van der Waals surface area (Å²) in [6, 6.07) is -1.00. The maximum Gasteiger partial charge on any atom is 0.303 e. The molecule has 1 unspecified atom stereocenters. The van der Waals surface area contributed by atoms with Crippen LogP contribution in [0.3, 0.4) is 0 Å². The van der Waals surface area contributed by atoms with E-state index in [9.17, 15) is 19.2 Å². The average Bonchev–Trinajstić information content (AvgIpc) is 2.57. The Morgan fingerprint density at radius 1 is 1.08 bits per heavy atom.